The van der Waals surface area contributed by atoms with Gasteiger partial charge in [0, 0.05) is 26.1 Å². The largest absolute Gasteiger partial charge is 0.379 e. The number of ether oxygens (including phenoxy) is 1. The number of hydrogen-bond acceptors (Lipinski definition) is 3. The van der Waals surface area contributed by atoms with Crippen LogP contribution >= 0.6 is 0 Å². The number of nitrogens with one attached hydrogen (secondary N) is 1. The summed E-state index contributed by atoms with van der Waals surface area (Å²) in [6.45, 7) is 2.56. The smallest absolute Gasteiger partial charge is 0.245 e. The molecule has 5 heteroatoms. The third-order valence-corrected chi connectivity index (χ3v) is 4.15. The first-order chi connectivity index (χ1) is 9.24. The lowest BCUT2D eigenvalue weighted by Gasteiger charge is -2.23. The summed E-state index contributed by atoms with van der Waals surface area (Å²) in [5, 5.41) is 2.87. The number of rotatable bonds is 6. The molecular weight excluding hydrogens is 244 g/mol. The highest BCUT2D eigenvalue weighted by Crippen LogP contribution is 2.34. The van der Waals surface area contributed by atoms with E-state index in [1.54, 1.807) is 4.90 Å². The van der Waals surface area contributed by atoms with Crippen molar-refractivity contribution >= 4 is 11.8 Å². The maximum absolute atomic E-state index is 12.4. The molecule has 0 bridgehead atoms. The predicted octanol–water partition coefficient (Wildman–Crippen LogP) is 0.540. The summed E-state index contributed by atoms with van der Waals surface area (Å²) in [7, 11) is 0. The minimum absolute atomic E-state index is 0.00616. The molecule has 0 spiro atoms. The van der Waals surface area contributed by atoms with Crippen LogP contribution in [0.25, 0.3) is 0 Å². The van der Waals surface area contributed by atoms with E-state index in [1.807, 2.05) is 0 Å². The highest BCUT2D eigenvalue weighted by Gasteiger charge is 2.40. The van der Waals surface area contributed by atoms with Crippen molar-refractivity contribution in [2.75, 3.05) is 26.3 Å². The van der Waals surface area contributed by atoms with E-state index in [1.165, 1.54) is 12.8 Å². The number of hydrogen-bond donors (Lipinski definition) is 1. The lowest BCUT2D eigenvalue weighted by molar-refractivity contribution is -0.134. The topological polar surface area (TPSA) is 58.6 Å². The molecule has 3 aliphatic rings. The summed E-state index contributed by atoms with van der Waals surface area (Å²) in [5.74, 6) is 1.21. The Kier molecular flexibility index (Phi) is 3.73. The summed E-state index contributed by atoms with van der Waals surface area (Å²) < 4.78 is 5.59. The minimum Gasteiger partial charge on any atom is -0.379 e. The van der Waals surface area contributed by atoms with E-state index in [2.05, 4.69) is 5.32 Å². The van der Waals surface area contributed by atoms with Crippen LogP contribution in [0.2, 0.25) is 0 Å². The van der Waals surface area contributed by atoms with E-state index in [-0.39, 0.29) is 17.9 Å². The minimum atomic E-state index is -0.279. The zero-order valence-corrected chi connectivity index (χ0v) is 11.3. The zero-order chi connectivity index (χ0) is 13.2. The number of nitrogens with zero attached hydrogens (tertiary/aromatic N) is 1. The molecule has 1 heterocycles. The van der Waals surface area contributed by atoms with Crippen LogP contribution in [0.15, 0.2) is 0 Å². The Bertz CT molecular complexity index is 364. The lowest BCUT2D eigenvalue weighted by atomic mass is 10.1. The van der Waals surface area contributed by atoms with Crippen LogP contribution in [0.5, 0.6) is 0 Å². The Hall–Kier alpha value is -1.10. The van der Waals surface area contributed by atoms with Gasteiger partial charge in [-0.2, -0.15) is 0 Å². The summed E-state index contributed by atoms with van der Waals surface area (Å²) in [4.78, 5) is 25.8. The van der Waals surface area contributed by atoms with Gasteiger partial charge in [0.15, 0.2) is 0 Å². The first-order valence-electron chi connectivity index (χ1n) is 7.40. The quantitative estimate of drug-likeness (QED) is 0.714. The molecule has 2 saturated carbocycles. The first kappa shape index (κ1) is 12.9. The average Bonchev–Trinajstić information content (AvgIpc) is 3.25. The number of amides is 2. The van der Waals surface area contributed by atoms with Crippen molar-refractivity contribution < 1.29 is 14.3 Å². The van der Waals surface area contributed by atoms with Crippen molar-refractivity contribution in [1.82, 2.24) is 10.2 Å². The Morgan fingerprint density at radius 3 is 2.68 bits per heavy atom. The highest BCUT2D eigenvalue weighted by molar-refractivity contribution is 5.90. The Balaban J connectivity index is 1.49. The fourth-order valence-electron chi connectivity index (χ4n) is 2.53. The monoisotopic (exact) mass is 266 g/mol. The van der Waals surface area contributed by atoms with Gasteiger partial charge >= 0.3 is 0 Å². The molecule has 106 valence electrons. The molecule has 3 fully saturated rings. The average molecular weight is 266 g/mol. The fourth-order valence-corrected chi connectivity index (χ4v) is 2.53. The molecule has 2 amide bonds. The summed E-state index contributed by atoms with van der Waals surface area (Å²) in [5.41, 5.74) is 0. The molecule has 0 aromatic heterocycles. The van der Waals surface area contributed by atoms with Gasteiger partial charge in [0.25, 0.3) is 0 Å². The van der Waals surface area contributed by atoms with Gasteiger partial charge in [0.05, 0.1) is 6.61 Å². The van der Waals surface area contributed by atoms with Gasteiger partial charge in [-0.25, -0.2) is 0 Å². The molecule has 0 radical (unpaired) electrons. The number of carbonyl (C=O) groups is 2. The van der Waals surface area contributed by atoms with Gasteiger partial charge in [-0.1, -0.05) is 0 Å². The van der Waals surface area contributed by atoms with Gasteiger partial charge in [0.2, 0.25) is 11.8 Å². The van der Waals surface area contributed by atoms with Crippen LogP contribution in [0.4, 0.5) is 0 Å². The predicted molar refractivity (Wildman–Crippen MR) is 69.4 cm³/mol. The third kappa shape index (κ3) is 3.47. The molecule has 1 unspecified atom stereocenters. The van der Waals surface area contributed by atoms with Gasteiger partial charge in [0.1, 0.15) is 6.04 Å². The summed E-state index contributed by atoms with van der Waals surface area (Å²) in [6.07, 6.45) is 5.10. The van der Waals surface area contributed by atoms with Crippen LogP contribution in [0, 0.1) is 11.8 Å². The molecular formula is C14H22N2O3. The molecule has 2 aliphatic carbocycles. The van der Waals surface area contributed by atoms with Crippen molar-refractivity contribution in [3.05, 3.63) is 0 Å². The SMILES string of the molecule is O=C1CCN(CCOCC2CC2)C(=O)C(C2CC2)N1. The lowest BCUT2D eigenvalue weighted by Crippen LogP contribution is -2.46. The van der Waals surface area contributed by atoms with E-state index in [4.69, 9.17) is 4.74 Å². The molecule has 3 rings (SSSR count). The van der Waals surface area contributed by atoms with E-state index in [0.717, 1.165) is 25.4 Å². The maximum atomic E-state index is 12.4. The van der Waals surface area contributed by atoms with Crippen molar-refractivity contribution in [1.29, 1.82) is 0 Å². The molecule has 0 aromatic carbocycles. The van der Waals surface area contributed by atoms with Crippen LogP contribution in [0.3, 0.4) is 0 Å². The fraction of sp³-hybridized carbons (Fsp3) is 0.857. The number of carbonyl (C=O) groups excluding carboxylic acids is 2. The van der Waals surface area contributed by atoms with Crippen LogP contribution in [0.1, 0.15) is 32.1 Å². The molecule has 1 aliphatic heterocycles. The van der Waals surface area contributed by atoms with Crippen molar-refractivity contribution in [3.8, 4) is 0 Å². The van der Waals surface area contributed by atoms with Crippen LogP contribution in [-0.4, -0.2) is 49.1 Å². The standard InChI is InChI=1S/C14H22N2O3/c17-12-5-6-16(7-8-19-9-10-1-2-10)14(18)13(15-12)11-3-4-11/h10-11,13H,1-9H2,(H,15,17). The second-order valence-electron chi connectivity index (χ2n) is 5.98. The first-order valence-corrected chi connectivity index (χ1v) is 7.40. The van der Waals surface area contributed by atoms with Crippen molar-refractivity contribution in [2.45, 2.75) is 38.1 Å². The normalized spacial score (nSPS) is 28.2. The van der Waals surface area contributed by atoms with Crippen molar-refractivity contribution in [2.24, 2.45) is 11.8 Å². The summed E-state index contributed by atoms with van der Waals surface area (Å²) in [6, 6.07) is -0.279. The van der Waals surface area contributed by atoms with Gasteiger partial charge in [-0.15, -0.1) is 0 Å². The Morgan fingerprint density at radius 2 is 2.00 bits per heavy atom. The van der Waals surface area contributed by atoms with Crippen LogP contribution in [-0.2, 0) is 14.3 Å². The Morgan fingerprint density at radius 1 is 1.21 bits per heavy atom. The second-order valence-corrected chi connectivity index (χ2v) is 5.98. The molecule has 5 nitrogen and oxygen atoms in total. The van der Waals surface area contributed by atoms with Crippen molar-refractivity contribution in [3.63, 3.8) is 0 Å². The third-order valence-electron chi connectivity index (χ3n) is 4.15. The van der Waals surface area contributed by atoms with E-state index < -0.39 is 0 Å². The van der Waals surface area contributed by atoms with Gasteiger partial charge < -0.3 is 15.0 Å². The van der Waals surface area contributed by atoms with Crippen LogP contribution < -0.4 is 5.32 Å². The Labute approximate surface area is 113 Å². The molecule has 1 saturated heterocycles. The molecule has 19 heavy (non-hydrogen) atoms. The zero-order valence-electron chi connectivity index (χ0n) is 11.3. The summed E-state index contributed by atoms with van der Waals surface area (Å²) >= 11 is 0. The van der Waals surface area contributed by atoms with E-state index in [0.29, 0.717) is 32.0 Å². The highest BCUT2D eigenvalue weighted by atomic mass is 16.5. The van der Waals surface area contributed by atoms with Gasteiger partial charge in [-0.3, -0.25) is 9.59 Å². The molecule has 0 aromatic rings. The molecule has 1 N–H and O–H groups in total. The maximum Gasteiger partial charge on any atom is 0.245 e. The molecule has 1 atom stereocenters. The van der Waals surface area contributed by atoms with E-state index >= 15 is 0 Å². The second kappa shape index (κ2) is 5.49. The van der Waals surface area contributed by atoms with E-state index in [9.17, 15) is 9.59 Å². The van der Waals surface area contributed by atoms with Gasteiger partial charge in [-0.05, 0) is 37.5 Å².